The van der Waals surface area contributed by atoms with Crippen LogP contribution in [-0.2, 0) is 6.42 Å². The van der Waals surface area contributed by atoms with Crippen molar-refractivity contribution >= 4 is 17.3 Å². The van der Waals surface area contributed by atoms with Gasteiger partial charge in [0, 0.05) is 5.69 Å². The Labute approximate surface area is 119 Å². The maximum Gasteiger partial charge on any atom is 0.335 e. The molecule has 0 aliphatic rings. The molecule has 2 aromatic rings. The van der Waals surface area contributed by atoms with Crippen molar-refractivity contribution in [3.05, 3.63) is 59.2 Å². The van der Waals surface area contributed by atoms with E-state index in [0.29, 0.717) is 5.69 Å². The van der Waals surface area contributed by atoms with E-state index in [0.717, 1.165) is 17.7 Å². The van der Waals surface area contributed by atoms with Crippen LogP contribution >= 0.6 is 0 Å². The lowest BCUT2D eigenvalue weighted by atomic mass is 10.1. The van der Waals surface area contributed by atoms with E-state index in [9.17, 15) is 13.6 Å². The van der Waals surface area contributed by atoms with E-state index in [1.54, 1.807) is 24.3 Å². The normalized spacial score (nSPS) is 9.95. The Morgan fingerprint density at radius 3 is 2.24 bits per heavy atom. The van der Waals surface area contributed by atoms with Gasteiger partial charge in [0.05, 0.1) is 18.1 Å². The number of aromatic carboxylic acids is 1. The van der Waals surface area contributed by atoms with Crippen LogP contribution in [0.2, 0.25) is 0 Å². The molecule has 0 spiro atoms. The minimum absolute atomic E-state index is 0.246. The zero-order valence-corrected chi connectivity index (χ0v) is 10.7. The highest BCUT2D eigenvalue weighted by Gasteiger charge is 2.14. The number of hydrogen-bond acceptors (Lipinski definition) is 3. The zero-order valence-electron chi connectivity index (χ0n) is 10.7. The van der Waals surface area contributed by atoms with Gasteiger partial charge in [-0.05, 0) is 29.8 Å². The molecule has 2 rings (SSSR count). The third-order valence-electron chi connectivity index (χ3n) is 2.80. The van der Waals surface area contributed by atoms with Gasteiger partial charge in [-0.3, -0.25) is 0 Å². The minimum Gasteiger partial charge on any atom is -0.478 e. The Hall–Kier alpha value is -2.94. The highest BCUT2D eigenvalue weighted by Crippen LogP contribution is 2.25. The van der Waals surface area contributed by atoms with Crippen molar-refractivity contribution in [2.45, 2.75) is 6.42 Å². The van der Waals surface area contributed by atoms with Crippen molar-refractivity contribution < 1.29 is 18.7 Å². The first-order chi connectivity index (χ1) is 10.0. The predicted molar refractivity (Wildman–Crippen MR) is 72.4 cm³/mol. The average Bonchev–Trinajstić information content (AvgIpc) is 2.44. The Morgan fingerprint density at radius 1 is 1.19 bits per heavy atom. The van der Waals surface area contributed by atoms with Crippen LogP contribution in [0.15, 0.2) is 36.4 Å². The molecule has 0 radical (unpaired) electrons. The van der Waals surface area contributed by atoms with E-state index in [4.69, 9.17) is 10.4 Å². The monoisotopic (exact) mass is 288 g/mol. The highest BCUT2D eigenvalue weighted by atomic mass is 19.1. The smallest absolute Gasteiger partial charge is 0.335 e. The van der Waals surface area contributed by atoms with Crippen LogP contribution in [0.1, 0.15) is 15.9 Å². The molecule has 0 fully saturated rings. The lowest BCUT2D eigenvalue weighted by Crippen LogP contribution is -2.03. The summed E-state index contributed by atoms with van der Waals surface area (Å²) in [5, 5.41) is 19.8. The molecule has 0 amide bonds. The summed E-state index contributed by atoms with van der Waals surface area (Å²) >= 11 is 0. The van der Waals surface area contributed by atoms with Crippen LogP contribution in [0.4, 0.5) is 20.2 Å². The van der Waals surface area contributed by atoms with Crippen molar-refractivity contribution in [3.63, 3.8) is 0 Å². The Kier molecular flexibility index (Phi) is 4.14. The SMILES string of the molecule is N#CCc1ccc(Nc2c(F)cc(C(=O)O)cc2F)cc1. The fraction of sp³-hybridized carbons (Fsp3) is 0.0667. The van der Waals surface area contributed by atoms with Gasteiger partial charge in [-0.2, -0.15) is 5.26 Å². The lowest BCUT2D eigenvalue weighted by Gasteiger charge is -2.10. The average molecular weight is 288 g/mol. The summed E-state index contributed by atoms with van der Waals surface area (Å²) in [5.41, 5.74) is 0.329. The third-order valence-corrected chi connectivity index (χ3v) is 2.80. The fourth-order valence-electron chi connectivity index (χ4n) is 1.76. The van der Waals surface area contributed by atoms with Crippen LogP contribution < -0.4 is 5.32 Å². The molecule has 0 aliphatic heterocycles. The maximum atomic E-state index is 13.7. The molecule has 0 bridgehead atoms. The first-order valence-electron chi connectivity index (χ1n) is 5.96. The van der Waals surface area contributed by atoms with Gasteiger partial charge in [-0.15, -0.1) is 0 Å². The third kappa shape index (κ3) is 3.34. The van der Waals surface area contributed by atoms with Crippen LogP contribution in [0.25, 0.3) is 0 Å². The summed E-state index contributed by atoms with van der Waals surface area (Å²) < 4.78 is 27.5. The number of nitrogens with one attached hydrogen (secondary N) is 1. The number of carboxylic acid groups (broad SMARTS) is 1. The molecule has 2 aromatic carbocycles. The van der Waals surface area contributed by atoms with Crippen molar-refractivity contribution in [3.8, 4) is 6.07 Å². The molecule has 0 heterocycles. The molecule has 0 unspecified atom stereocenters. The topological polar surface area (TPSA) is 73.1 Å². The maximum absolute atomic E-state index is 13.7. The van der Waals surface area contributed by atoms with E-state index in [2.05, 4.69) is 5.32 Å². The summed E-state index contributed by atoms with van der Waals surface area (Å²) in [6.07, 6.45) is 0.246. The molecular formula is C15H10F2N2O2. The molecular weight excluding hydrogens is 278 g/mol. The lowest BCUT2D eigenvalue weighted by molar-refractivity contribution is 0.0696. The van der Waals surface area contributed by atoms with Crippen molar-refractivity contribution in [2.75, 3.05) is 5.32 Å². The molecule has 4 nitrogen and oxygen atoms in total. The van der Waals surface area contributed by atoms with Gasteiger partial charge >= 0.3 is 5.97 Å². The summed E-state index contributed by atoms with van der Waals surface area (Å²) in [6.45, 7) is 0. The van der Waals surface area contributed by atoms with Crippen LogP contribution in [0.5, 0.6) is 0 Å². The van der Waals surface area contributed by atoms with Gasteiger partial charge in [-0.25, -0.2) is 13.6 Å². The van der Waals surface area contributed by atoms with Gasteiger partial charge < -0.3 is 10.4 Å². The standard InChI is InChI=1S/C15H10F2N2O2/c16-12-7-10(15(20)21)8-13(17)14(12)19-11-3-1-9(2-4-11)5-6-18/h1-4,7-8,19H,5H2,(H,20,21). The first-order valence-corrected chi connectivity index (χ1v) is 5.96. The number of nitrogens with zero attached hydrogens (tertiary/aromatic N) is 1. The number of benzene rings is 2. The molecule has 0 atom stereocenters. The number of halogens is 2. The van der Waals surface area contributed by atoms with Crippen LogP contribution in [0, 0.1) is 23.0 Å². The Balaban J connectivity index is 2.27. The number of carboxylic acids is 1. The number of hydrogen-bond donors (Lipinski definition) is 2. The number of carbonyl (C=O) groups is 1. The summed E-state index contributed by atoms with van der Waals surface area (Å²) in [5.74, 6) is -3.39. The number of anilines is 2. The first kappa shape index (κ1) is 14.5. The second kappa shape index (κ2) is 6.01. The molecule has 106 valence electrons. The molecule has 0 saturated carbocycles. The van der Waals surface area contributed by atoms with Crippen molar-refractivity contribution in [1.29, 1.82) is 5.26 Å². The van der Waals surface area contributed by atoms with E-state index < -0.39 is 28.9 Å². The zero-order chi connectivity index (χ0) is 15.4. The Morgan fingerprint density at radius 2 is 1.76 bits per heavy atom. The van der Waals surface area contributed by atoms with Gasteiger partial charge in [0.2, 0.25) is 0 Å². The molecule has 21 heavy (non-hydrogen) atoms. The van der Waals surface area contributed by atoms with Gasteiger partial charge in [-0.1, -0.05) is 12.1 Å². The van der Waals surface area contributed by atoms with Gasteiger partial charge in [0.15, 0.2) is 11.6 Å². The van der Waals surface area contributed by atoms with E-state index in [-0.39, 0.29) is 6.42 Å². The van der Waals surface area contributed by atoms with Gasteiger partial charge in [0.25, 0.3) is 0 Å². The molecule has 6 heteroatoms. The minimum atomic E-state index is -1.40. The molecule has 0 aliphatic carbocycles. The molecule has 0 saturated heterocycles. The Bertz CT molecular complexity index is 698. The predicted octanol–water partition coefficient (Wildman–Crippen LogP) is 3.47. The molecule has 0 aromatic heterocycles. The van der Waals surface area contributed by atoms with Gasteiger partial charge in [0.1, 0.15) is 5.69 Å². The fourth-order valence-corrected chi connectivity index (χ4v) is 1.76. The van der Waals surface area contributed by atoms with Crippen molar-refractivity contribution in [1.82, 2.24) is 0 Å². The van der Waals surface area contributed by atoms with E-state index in [1.165, 1.54) is 0 Å². The highest BCUT2D eigenvalue weighted by molar-refractivity contribution is 5.88. The summed E-state index contributed by atoms with van der Waals surface area (Å²) in [6, 6.07) is 9.97. The van der Waals surface area contributed by atoms with E-state index >= 15 is 0 Å². The molecule has 2 N–H and O–H groups in total. The van der Waals surface area contributed by atoms with E-state index in [1.807, 2.05) is 6.07 Å². The van der Waals surface area contributed by atoms with Crippen LogP contribution in [-0.4, -0.2) is 11.1 Å². The second-order valence-corrected chi connectivity index (χ2v) is 4.28. The number of rotatable bonds is 4. The number of nitriles is 1. The quantitative estimate of drug-likeness (QED) is 0.903. The van der Waals surface area contributed by atoms with Crippen molar-refractivity contribution in [2.24, 2.45) is 0 Å². The summed E-state index contributed by atoms with van der Waals surface area (Å²) in [7, 11) is 0. The second-order valence-electron chi connectivity index (χ2n) is 4.28. The largest absolute Gasteiger partial charge is 0.478 e. The summed E-state index contributed by atoms with van der Waals surface area (Å²) in [4.78, 5) is 10.7. The van der Waals surface area contributed by atoms with Crippen LogP contribution in [0.3, 0.4) is 0 Å².